The van der Waals surface area contributed by atoms with Crippen LogP contribution in [0.4, 0.5) is 0 Å². The largest absolute Gasteiger partial charge is 0.339 e. The van der Waals surface area contributed by atoms with Gasteiger partial charge in [0.05, 0.1) is 17.2 Å². The Morgan fingerprint density at radius 3 is 2.86 bits per heavy atom. The van der Waals surface area contributed by atoms with Gasteiger partial charge in [-0.1, -0.05) is 25.9 Å². The maximum Gasteiger partial charge on any atom is 0.229 e. The van der Waals surface area contributed by atoms with E-state index < -0.39 is 0 Å². The van der Waals surface area contributed by atoms with E-state index in [2.05, 4.69) is 42.9 Å². The van der Waals surface area contributed by atoms with Crippen LogP contribution in [-0.4, -0.2) is 27.1 Å². The molecule has 6 heteroatoms. The lowest BCUT2D eigenvalue weighted by Crippen LogP contribution is -2.27. The fraction of sp³-hybridized carbons (Fsp3) is 0.688. The molecular weight excluding hydrogens is 296 g/mol. The molecule has 0 saturated heterocycles. The molecule has 22 heavy (non-hydrogen) atoms. The Balaban J connectivity index is 1.75. The number of nitrogens with zero attached hydrogens (tertiary/aromatic N) is 4. The third-order valence-corrected chi connectivity index (χ3v) is 5.51. The van der Waals surface area contributed by atoms with Crippen LogP contribution in [0.2, 0.25) is 0 Å². The number of rotatable bonds is 5. The summed E-state index contributed by atoms with van der Waals surface area (Å²) in [7, 11) is 2.15. The fourth-order valence-electron chi connectivity index (χ4n) is 2.92. The second-order valence-electron chi connectivity index (χ2n) is 6.30. The average molecular weight is 320 g/mol. The number of aryl methyl sites for hydroxylation is 2. The van der Waals surface area contributed by atoms with Crippen molar-refractivity contribution in [2.75, 3.05) is 7.05 Å². The summed E-state index contributed by atoms with van der Waals surface area (Å²) in [6, 6.07) is 0.433. The Bertz CT molecular complexity index is 634. The molecule has 0 amide bonds. The van der Waals surface area contributed by atoms with Crippen LogP contribution in [0, 0.1) is 0 Å². The van der Waals surface area contributed by atoms with Crippen molar-refractivity contribution in [2.45, 2.75) is 65.0 Å². The molecular formula is C16H24N4OS. The van der Waals surface area contributed by atoms with Crippen molar-refractivity contribution in [1.82, 2.24) is 20.0 Å². The molecule has 0 bridgehead atoms. The lowest BCUT2D eigenvalue weighted by Gasteiger charge is -2.29. The third-order valence-electron chi connectivity index (χ3n) is 4.17. The lowest BCUT2D eigenvalue weighted by molar-refractivity contribution is 0.208. The molecule has 0 spiro atoms. The molecule has 0 fully saturated rings. The zero-order chi connectivity index (χ0) is 15.7. The van der Waals surface area contributed by atoms with E-state index in [4.69, 9.17) is 9.51 Å². The van der Waals surface area contributed by atoms with Crippen LogP contribution in [-0.2, 0) is 19.4 Å². The predicted octanol–water partition coefficient (Wildman–Crippen LogP) is 3.72. The van der Waals surface area contributed by atoms with Crippen molar-refractivity contribution in [2.24, 2.45) is 0 Å². The van der Waals surface area contributed by atoms with Crippen molar-refractivity contribution in [3.8, 4) is 0 Å². The van der Waals surface area contributed by atoms with Crippen LogP contribution in [0.5, 0.6) is 0 Å². The molecule has 0 N–H and O–H groups in total. The molecule has 2 heterocycles. The summed E-state index contributed by atoms with van der Waals surface area (Å²) in [5, 5.41) is 5.37. The van der Waals surface area contributed by atoms with E-state index >= 15 is 0 Å². The maximum atomic E-state index is 5.31. The number of hydrogen-bond donors (Lipinski definition) is 0. The Morgan fingerprint density at radius 2 is 2.18 bits per heavy atom. The molecule has 0 aliphatic heterocycles. The highest BCUT2D eigenvalue weighted by atomic mass is 32.1. The highest BCUT2D eigenvalue weighted by molar-refractivity contribution is 7.11. The fourth-order valence-corrected chi connectivity index (χ4v) is 4.17. The van der Waals surface area contributed by atoms with E-state index in [1.165, 1.54) is 28.4 Å². The van der Waals surface area contributed by atoms with E-state index in [9.17, 15) is 0 Å². The van der Waals surface area contributed by atoms with Gasteiger partial charge in [0.25, 0.3) is 0 Å². The van der Waals surface area contributed by atoms with E-state index in [-0.39, 0.29) is 5.92 Å². The first-order valence-electron chi connectivity index (χ1n) is 8.09. The van der Waals surface area contributed by atoms with Gasteiger partial charge < -0.3 is 4.52 Å². The molecule has 0 saturated carbocycles. The molecule has 120 valence electrons. The molecule has 1 aliphatic carbocycles. The Hall–Kier alpha value is -1.27. The standard InChI is InChI=1S/C16H24N4OS/c1-5-14-17-11-7-6-8-12(15(11)22-14)20(4)9-13-18-16(10(2)3)21-19-13/h10,12H,5-9H2,1-4H3/t12-/m1/s1. The molecule has 3 rings (SSSR count). The highest BCUT2D eigenvalue weighted by Crippen LogP contribution is 2.38. The first kappa shape index (κ1) is 15.6. The molecule has 0 radical (unpaired) electrons. The van der Waals surface area contributed by atoms with Crippen molar-refractivity contribution in [1.29, 1.82) is 0 Å². The normalized spacial score (nSPS) is 18.2. The number of aromatic nitrogens is 3. The Labute approximate surface area is 135 Å². The second kappa shape index (κ2) is 6.46. The van der Waals surface area contributed by atoms with Crippen LogP contribution in [0.25, 0.3) is 0 Å². The van der Waals surface area contributed by atoms with Gasteiger partial charge in [0, 0.05) is 16.8 Å². The first-order chi connectivity index (χ1) is 10.6. The monoisotopic (exact) mass is 320 g/mol. The van der Waals surface area contributed by atoms with Gasteiger partial charge >= 0.3 is 0 Å². The molecule has 5 nitrogen and oxygen atoms in total. The maximum absolute atomic E-state index is 5.31. The van der Waals surface area contributed by atoms with E-state index in [1.807, 2.05) is 11.3 Å². The summed E-state index contributed by atoms with van der Waals surface area (Å²) in [4.78, 5) is 13.0. The van der Waals surface area contributed by atoms with Crippen LogP contribution >= 0.6 is 11.3 Å². The quantitative estimate of drug-likeness (QED) is 0.840. The summed E-state index contributed by atoms with van der Waals surface area (Å²) >= 11 is 1.88. The summed E-state index contributed by atoms with van der Waals surface area (Å²) in [6.07, 6.45) is 4.54. The van der Waals surface area contributed by atoms with Gasteiger partial charge in [0.1, 0.15) is 0 Å². The van der Waals surface area contributed by atoms with Crippen molar-refractivity contribution in [3.63, 3.8) is 0 Å². The van der Waals surface area contributed by atoms with Crippen LogP contribution < -0.4 is 0 Å². The van der Waals surface area contributed by atoms with Gasteiger partial charge in [-0.05, 0) is 32.7 Å². The molecule has 0 unspecified atom stereocenters. The Kier molecular flexibility index (Phi) is 4.59. The SMILES string of the molecule is CCc1nc2c(s1)[C@H](N(C)Cc1noc(C(C)C)n1)CCC2. The van der Waals surface area contributed by atoms with Gasteiger partial charge in [0.2, 0.25) is 5.89 Å². The number of thiazole rings is 1. The zero-order valence-electron chi connectivity index (χ0n) is 13.8. The Morgan fingerprint density at radius 1 is 1.36 bits per heavy atom. The van der Waals surface area contributed by atoms with Gasteiger partial charge in [-0.15, -0.1) is 11.3 Å². The smallest absolute Gasteiger partial charge is 0.229 e. The van der Waals surface area contributed by atoms with E-state index in [1.54, 1.807) is 0 Å². The number of hydrogen-bond acceptors (Lipinski definition) is 6. The highest BCUT2D eigenvalue weighted by Gasteiger charge is 2.28. The topological polar surface area (TPSA) is 55.1 Å². The van der Waals surface area contributed by atoms with Crippen molar-refractivity contribution in [3.05, 3.63) is 27.3 Å². The van der Waals surface area contributed by atoms with Gasteiger partial charge in [-0.3, -0.25) is 4.90 Å². The molecule has 2 aromatic heterocycles. The van der Waals surface area contributed by atoms with Crippen molar-refractivity contribution >= 4 is 11.3 Å². The summed E-state index contributed by atoms with van der Waals surface area (Å²) in [5.41, 5.74) is 1.31. The lowest BCUT2D eigenvalue weighted by atomic mass is 9.97. The van der Waals surface area contributed by atoms with Gasteiger partial charge in [0.15, 0.2) is 5.82 Å². The molecule has 1 atom stereocenters. The van der Waals surface area contributed by atoms with Crippen LogP contribution in [0.15, 0.2) is 4.52 Å². The average Bonchev–Trinajstić information content (AvgIpc) is 3.12. The minimum Gasteiger partial charge on any atom is -0.339 e. The van der Waals surface area contributed by atoms with Gasteiger partial charge in [-0.25, -0.2) is 4.98 Å². The van der Waals surface area contributed by atoms with E-state index in [0.29, 0.717) is 6.04 Å². The number of fused-ring (bicyclic) bond motifs is 1. The summed E-state index contributed by atoms with van der Waals surface area (Å²) < 4.78 is 5.31. The van der Waals surface area contributed by atoms with E-state index in [0.717, 1.165) is 31.1 Å². The third kappa shape index (κ3) is 3.08. The van der Waals surface area contributed by atoms with Crippen molar-refractivity contribution < 1.29 is 4.52 Å². The van der Waals surface area contributed by atoms with Crippen LogP contribution in [0.1, 0.15) is 72.9 Å². The van der Waals surface area contributed by atoms with Gasteiger partial charge in [-0.2, -0.15) is 4.98 Å². The minimum atomic E-state index is 0.279. The first-order valence-corrected chi connectivity index (χ1v) is 8.91. The second-order valence-corrected chi connectivity index (χ2v) is 7.41. The minimum absolute atomic E-state index is 0.279. The molecule has 0 aromatic carbocycles. The predicted molar refractivity (Wildman–Crippen MR) is 87.0 cm³/mol. The molecule has 1 aliphatic rings. The van der Waals surface area contributed by atoms with Crippen LogP contribution in [0.3, 0.4) is 0 Å². The summed E-state index contributed by atoms with van der Waals surface area (Å²) in [5.74, 6) is 1.78. The summed E-state index contributed by atoms with van der Waals surface area (Å²) in [6.45, 7) is 7.03. The zero-order valence-corrected chi connectivity index (χ0v) is 14.6. The molecule has 2 aromatic rings.